The molecule has 1 aromatic carbocycles. The number of carbonyl (C=O) groups excluding carboxylic acids is 2. The summed E-state index contributed by atoms with van der Waals surface area (Å²) in [5.41, 5.74) is 1.85. The molecule has 0 unspecified atom stereocenters. The standard InChI is InChI=1S/C19H23N3O3/c1-4-22(5-2)18(23)15-11-12-20-17(13-15)21-16-9-7-14(8-10-16)19(24)25-6-3/h7-13H,4-6H2,1-3H3,(H,20,21). The largest absolute Gasteiger partial charge is 0.462 e. The molecule has 6 nitrogen and oxygen atoms in total. The number of benzene rings is 1. The van der Waals surface area contributed by atoms with Gasteiger partial charge in [-0.3, -0.25) is 4.79 Å². The van der Waals surface area contributed by atoms with Gasteiger partial charge in [0.2, 0.25) is 0 Å². The van der Waals surface area contributed by atoms with Crippen LogP contribution in [0.3, 0.4) is 0 Å². The summed E-state index contributed by atoms with van der Waals surface area (Å²) in [5, 5.41) is 3.14. The number of aromatic nitrogens is 1. The monoisotopic (exact) mass is 341 g/mol. The van der Waals surface area contributed by atoms with E-state index >= 15 is 0 Å². The molecule has 0 atom stereocenters. The molecule has 0 aliphatic rings. The Morgan fingerprint density at radius 1 is 1.04 bits per heavy atom. The van der Waals surface area contributed by atoms with Crippen molar-refractivity contribution in [1.82, 2.24) is 9.88 Å². The Balaban J connectivity index is 2.11. The highest BCUT2D eigenvalue weighted by atomic mass is 16.5. The van der Waals surface area contributed by atoms with Gasteiger partial charge in [0.25, 0.3) is 5.91 Å². The molecule has 1 aromatic heterocycles. The first kappa shape index (κ1) is 18.4. The Morgan fingerprint density at radius 3 is 2.32 bits per heavy atom. The average molecular weight is 341 g/mol. The Bertz CT molecular complexity index is 725. The lowest BCUT2D eigenvalue weighted by Crippen LogP contribution is -2.30. The number of nitrogens with zero attached hydrogens (tertiary/aromatic N) is 2. The van der Waals surface area contributed by atoms with Gasteiger partial charge in [0.05, 0.1) is 12.2 Å². The number of hydrogen-bond donors (Lipinski definition) is 1. The van der Waals surface area contributed by atoms with Crippen molar-refractivity contribution in [2.45, 2.75) is 20.8 Å². The zero-order valence-electron chi connectivity index (χ0n) is 14.8. The summed E-state index contributed by atoms with van der Waals surface area (Å²) in [4.78, 5) is 30.1. The maximum atomic E-state index is 12.4. The van der Waals surface area contributed by atoms with Crippen LogP contribution in [-0.2, 0) is 4.74 Å². The van der Waals surface area contributed by atoms with Crippen molar-refractivity contribution >= 4 is 23.4 Å². The molecule has 0 radical (unpaired) electrons. The van der Waals surface area contributed by atoms with E-state index in [0.717, 1.165) is 5.69 Å². The number of anilines is 2. The van der Waals surface area contributed by atoms with Crippen LogP contribution in [0.4, 0.5) is 11.5 Å². The smallest absolute Gasteiger partial charge is 0.338 e. The number of pyridine rings is 1. The van der Waals surface area contributed by atoms with Crippen molar-refractivity contribution in [3.8, 4) is 0 Å². The van der Waals surface area contributed by atoms with Crippen LogP contribution < -0.4 is 5.32 Å². The van der Waals surface area contributed by atoms with Gasteiger partial charge < -0.3 is 15.0 Å². The van der Waals surface area contributed by atoms with Crippen molar-refractivity contribution in [3.05, 3.63) is 53.7 Å². The molecule has 0 saturated heterocycles. The highest BCUT2D eigenvalue weighted by Gasteiger charge is 2.13. The second-order valence-electron chi connectivity index (χ2n) is 5.33. The summed E-state index contributed by atoms with van der Waals surface area (Å²) in [7, 11) is 0. The van der Waals surface area contributed by atoms with Crippen LogP contribution in [0.15, 0.2) is 42.6 Å². The predicted octanol–water partition coefficient (Wildman–Crippen LogP) is 3.48. The van der Waals surface area contributed by atoms with E-state index in [2.05, 4.69) is 10.3 Å². The van der Waals surface area contributed by atoms with Gasteiger partial charge in [-0.15, -0.1) is 0 Å². The van der Waals surface area contributed by atoms with E-state index in [1.807, 2.05) is 13.8 Å². The predicted molar refractivity (Wildman–Crippen MR) is 97.2 cm³/mol. The van der Waals surface area contributed by atoms with Crippen LogP contribution in [0.2, 0.25) is 0 Å². The Hall–Kier alpha value is -2.89. The average Bonchev–Trinajstić information content (AvgIpc) is 2.63. The van der Waals surface area contributed by atoms with E-state index in [1.165, 1.54) is 0 Å². The Morgan fingerprint density at radius 2 is 1.72 bits per heavy atom. The van der Waals surface area contributed by atoms with Crippen LogP contribution in [-0.4, -0.2) is 41.5 Å². The summed E-state index contributed by atoms with van der Waals surface area (Å²) < 4.78 is 4.96. The molecule has 132 valence electrons. The van der Waals surface area contributed by atoms with Gasteiger partial charge >= 0.3 is 5.97 Å². The topological polar surface area (TPSA) is 71.5 Å². The number of hydrogen-bond acceptors (Lipinski definition) is 5. The van der Waals surface area contributed by atoms with Crippen molar-refractivity contribution in [2.24, 2.45) is 0 Å². The third-order valence-corrected chi connectivity index (χ3v) is 3.73. The fourth-order valence-electron chi connectivity index (χ4n) is 2.38. The molecule has 0 aliphatic heterocycles. The van der Waals surface area contributed by atoms with Crippen LogP contribution in [0.1, 0.15) is 41.5 Å². The second kappa shape index (κ2) is 8.82. The van der Waals surface area contributed by atoms with Crippen LogP contribution in [0, 0.1) is 0 Å². The summed E-state index contributed by atoms with van der Waals surface area (Å²) in [6.07, 6.45) is 1.60. The molecule has 1 N–H and O–H groups in total. The molecular weight excluding hydrogens is 318 g/mol. The third-order valence-electron chi connectivity index (χ3n) is 3.73. The van der Waals surface area contributed by atoms with Gasteiger partial charge in [-0.2, -0.15) is 0 Å². The van der Waals surface area contributed by atoms with Crippen molar-refractivity contribution in [2.75, 3.05) is 25.0 Å². The number of rotatable bonds is 7. The summed E-state index contributed by atoms with van der Waals surface area (Å²) in [6.45, 7) is 7.34. The minimum Gasteiger partial charge on any atom is -0.462 e. The molecule has 0 saturated carbocycles. The van der Waals surface area contributed by atoms with E-state index in [-0.39, 0.29) is 11.9 Å². The van der Waals surface area contributed by atoms with Crippen LogP contribution in [0.5, 0.6) is 0 Å². The molecule has 6 heteroatoms. The second-order valence-corrected chi connectivity index (χ2v) is 5.33. The van der Waals surface area contributed by atoms with Gasteiger partial charge in [-0.1, -0.05) is 0 Å². The zero-order chi connectivity index (χ0) is 18.2. The van der Waals surface area contributed by atoms with Gasteiger partial charge in [0.1, 0.15) is 5.82 Å². The minimum atomic E-state index is -0.348. The lowest BCUT2D eigenvalue weighted by Gasteiger charge is -2.18. The minimum absolute atomic E-state index is 0.0203. The van der Waals surface area contributed by atoms with Crippen molar-refractivity contribution < 1.29 is 14.3 Å². The van der Waals surface area contributed by atoms with E-state index in [0.29, 0.717) is 36.6 Å². The third kappa shape index (κ3) is 4.79. The lowest BCUT2D eigenvalue weighted by atomic mass is 10.2. The molecule has 25 heavy (non-hydrogen) atoms. The highest BCUT2D eigenvalue weighted by Crippen LogP contribution is 2.17. The van der Waals surface area contributed by atoms with E-state index in [9.17, 15) is 9.59 Å². The van der Waals surface area contributed by atoms with E-state index in [1.54, 1.807) is 54.4 Å². The SMILES string of the molecule is CCOC(=O)c1ccc(Nc2cc(C(=O)N(CC)CC)ccn2)cc1. The van der Waals surface area contributed by atoms with Crippen molar-refractivity contribution in [1.29, 1.82) is 0 Å². The molecule has 1 heterocycles. The number of ether oxygens (including phenoxy) is 1. The normalized spacial score (nSPS) is 10.2. The Kier molecular flexibility index (Phi) is 6.51. The fourth-order valence-corrected chi connectivity index (χ4v) is 2.38. The quantitative estimate of drug-likeness (QED) is 0.781. The van der Waals surface area contributed by atoms with Gasteiger partial charge in [0, 0.05) is 30.5 Å². The maximum Gasteiger partial charge on any atom is 0.338 e. The number of nitrogens with one attached hydrogen (secondary N) is 1. The molecule has 2 aromatic rings. The maximum absolute atomic E-state index is 12.4. The fraction of sp³-hybridized carbons (Fsp3) is 0.316. The molecule has 0 fully saturated rings. The van der Waals surface area contributed by atoms with Crippen LogP contribution in [0.25, 0.3) is 0 Å². The summed E-state index contributed by atoms with van der Waals surface area (Å²) in [5.74, 6) is 0.203. The molecule has 0 spiro atoms. The Labute approximate surface area is 147 Å². The summed E-state index contributed by atoms with van der Waals surface area (Å²) >= 11 is 0. The van der Waals surface area contributed by atoms with Crippen molar-refractivity contribution in [3.63, 3.8) is 0 Å². The van der Waals surface area contributed by atoms with Gasteiger partial charge in [-0.05, 0) is 57.2 Å². The molecule has 0 bridgehead atoms. The first-order valence-electron chi connectivity index (χ1n) is 8.38. The lowest BCUT2D eigenvalue weighted by molar-refractivity contribution is 0.0526. The van der Waals surface area contributed by atoms with Gasteiger partial charge in [-0.25, -0.2) is 9.78 Å². The number of esters is 1. The van der Waals surface area contributed by atoms with Crippen LogP contribution >= 0.6 is 0 Å². The summed E-state index contributed by atoms with van der Waals surface area (Å²) in [6, 6.07) is 10.3. The number of amides is 1. The molecule has 1 amide bonds. The first-order valence-corrected chi connectivity index (χ1v) is 8.38. The molecular formula is C19H23N3O3. The van der Waals surface area contributed by atoms with E-state index < -0.39 is 0 Å². The highest BCUT2D eigenvalue weighted by molar-refractivity contribution is 5.95. The molecule has 0 aliphatic carbocycles. The zero-order valence-corrected chi connectivity index (χ0v) is 14.8. The van der Waals surface area contributed by atoms with Gasteiger partial charge in [0.15, 0.2) is 0 Å². The van der Waals surface area contributed by atoms with E-state index in [4.69, 9.17) is 4.74 Å². The first-order chi connectivity index (χ1) is 12.1. The molecule has 2 rings (SSSR count). The number of carbonyl (C=O) groups is 2.